The molecule has 1 amide bonds. The number of amides is 1. The number of carbonyl (C=O) groups is 1. The van der Waals surface area contributed by atoms with Crippen molar-refractivity contribution in [1.29, 1.82) is 0 Å². The number of rotatable bonds is 9. The number of hydrogen-bond acceptors (Lipinski definition) is 6. The standard InChI is InChI=1S/C28H30ClN3O5S/c1-2-38(35,36)18-24-13-21-11-20(16-31-7-9-37-10-8-31)12-25-27(21)32(24)17-22(28(25)34)14-26(33)30-15-19-3-5-23(29)6-4-19/h3-6,11-13,17H,2,7-10,14-16,18H2,1H3,(H,30,33). The van der Waals surface area contributed by atoms with E-state index in [1.165, 1.54) is 0 Å². The molecule has 0 spiro atoms. The van der Waals surface area contributed by atoms with Gasteiger partial charge in [0.05, 0.1) is 30.9 Å². The maximum atomic E-state index is 13.6. The molecule has 38 heavy (non-hydrogen) atoms. The molecule has 3 heterocycles. The molecule has 1 fully saturated rings. The first-order valence-corrected chi connectivity index (χ1v) is 14.9. The van der Waals surface area contributed by atoms with Gasteiger partial charge in [-0.1, -0.05) is 30.7 Å². The Morgan fingerprint density at radius 3 is 2.53 bits per heavy atom. The van der Waals surface area contributed by atoms with Crippen LogP contribution in [0.1, 0.15) is 29.3 Å². The van der Waals surface area contributed by atoms with Crippen LogP contribution in [0.4, 0.5) is 0 Å². The molecular weight excluding hydrogens is 526 g/mol. The molecule has 0 unspecified atom stereocenters. The summed E-state index contributed by atoms with van der Waals surface area (Å²) in [7, 11) is -3.32. The molecule has 2 aromatic heterocycles. The van der Waals surface area contributed by atoms with Gasteiger partial charge < -0.3 is 14.5 Å². The minimum absolute atomic E-state index is 0.0201. The summed E-state index contributed by atoms with van der Waals surface area (Å²) in [4.78, 5) is 28.7. The maximum absolute atomic E-state index is 13.6. The molecule has 0 aliphatic carbocycles. The van der Waals surface area contributed by atoms with Crippen molar-refractivity contribution in [2.45, 2.75) is 32.2 Å². The number of ether oxygens (including phenoxy) is 1. The summed E-state index contributed by atoms with van der Waals surface area (Å²) >= 11 is 5.93. The summed E-state index contributed by atoms with van der Waals surface area (Å²) in [5, 5.41) is 4.79. The molecule has 8 nitrogen and oxygen atoms in total. The fourth-order valence-electron chi connectivity index (χ4n) is 4.91. The van der Waals surface area contributed by atoms with Gasteiger partial charge in [0.2, 0.25) is 5.91 Å². The lowest BCUT2D eigenvalue weighted by Crippen LogP contribution is -2.35. The average Bonchev–Trinajstić information content (AvgIpc) is 3.23. The highest BCUT2D eigenvalue weighted by Crippen LogP contribution is 2.27. The quantitative estimate of drug-likeness (QED) is 0.341. The van der Waals surface area contributed by atoms with Gasteiger partial charge >= 0.3 is 0 Å². The minimum atomic E-state index is -3.32. The van der Waals surface area contributed by atoms with Gasteiger partial charge in [0.1, 0.15) is 0 Å². The van der Waals surface area contributed by atoms with Crippen LogP contribution in [0.5, 0.6) is 0 Å². The number of carbonyl (C=O) groups excluding carboxylic acids is 1. The Morgan fingerprint density at radius 1 is 1.08 bits per heavy atom. The van der Waals surface area contributed by atoms with Crippen LogP contribution in [0.3, 0.4) is 0 Å². The average molecular weight is 556 g/mol. The maximum Gasteiger partial charge on any atom is 0.224 e. The minimum Gasteiger partial charge on any atom is -0.379 e. The van der Waals surface area contributed by atoms with E-state index >= 15 is 0 Å². The van der Waals surface area contributed by atoms with E-state index in [0.717, 1.165) is 29.6 Å². The lowest BCUT2D eigenvalue weighted by Gasteiger charge is -2.26. The first-order valence-electron chi connectivity index (χ1n) is 12.7. The van der Waals surface area contributed by atoms with E-state index in [-0.39, 0.29) is 29.3 Å². The molecule has 200 valence electrons. The Balaban J connectivity index is 1.50. The van der Waals surface area contributed by atoms with Crippen molar-refractivity contribution >= 4 is 43.6 Å². The molecule has 5 rings (SSSR count). The SMILES string of the molecule is CCS(=O)(=O)Cc1cc2cc(CN3CCOCC3)cc3c(=O)c(CC(=O)NCc4ccc(Cl)cc4)cn1c23. The second-order valence-electron chi connectivity index (χ2n) is 9.72. The van der Waals surface area contributed by atoms with Gasteiger partial charge in [-0.15, -0.1) is 0 Å². The molecule has 0 atom stereocenters. The monoisotopic (exact) mass is 555 g/mol. The summed E-state index contributed by atoms with van der Waals surface area (Å²) in [6.45, 7) is 5.54. The third-order valence-corrected chi connectivity index (χ3v) is 8.83. The molecule has 0 radical (unpaired) electrons. The van der Waals surface area contributed by atoms with Crippen molar-refractivity contribution in [1.82, 2.24) is 14.6 Å². The largest absolute Gasteiger partial charge is 0.379 e. The Bertz CT molecular complexity index is 1630. The number of pyridine rings is 1. The van der Waals surface area contributed by atoms with Gasteiger partial charge in [-0.05, 0) is 41.5 Å². The highest BCUT2D eigenvalue weighted by molar-refractivity contribution is 7.90. The summed E-state index contributed by atoms with van der Waals surface area (Å²) in [5.41, 5.74) is 3.24. The van der Waals surface area contributed by atoms with E-state index in [0.29, 0.717) is 53.5 Å². The summed E-state index contributed by atoms with van der Waals surface area (Å²) in [5.74, 6) is -0.415. The Hall–Kier alpha value is -2.98. The Kier molecular flexibility index (Phi) is 7.72. The normalized spacial score (nSPS) is 14.9. The van der Waals surface area contributed by atoms with Crippen LogP contribution >= 0.6 is 11.6 Å². The Labute approximate surface area is 226 Å². The van der Waals surface area contributed by atoms with Crippen molar-refractivity contribution in [2.24, 2.45) is 0 Å². The number of halogens is 1. The molecule has 0 bridgehead atoms. The summed E-state index contributed by atoms with van der Waals surface area (Å²) in [6, 6.07) is 12.9. The summed E-state index contributed by atoms with van der Waals surface area (Å²) in [6.07, 6.45) is 1.51. The number of hydrogen-bond donors (Lipinski definition) is 1. The number of nitrogens with zero attached hydrogens (tertiary/aromatic N) is 2. The zero-order valence-corrected chi connectivity index (χ0v) is 22.8. The third kappa shape index (κ3) is 5.86. The number of sulfone groups is 1. The molecule has 10 heteroatoms. The van der Waals surface area contributed by atoms with Crippen molar-refractivity contribution in [3.8, 4) is 0 Å². The van der Waals surface area contributed by atoms with Crippen molar-refractivity contribution in [3.63, 3.8) is 0 Å². The van der Waals surface area contributed by atoms with Gasteiger partial charge in [0.15, 0.2) is 15.3 Å². The second-order valence-corrected chi connectivity index (χ2v) is 12.5. The number of morpholine rings is 1. The molecular formula is C28H30ClN3O5S. The van der Waals surface area contributed by atoms with Crippen LogP contribution in [-0.4, -0.2) is 55.7 Å². The van der Waals surface area contributed by atoms with Gasteiger partial charge in [0, 0.05) is 65.2 Å². The lowest BCUT2D eigenvalue weighted by atomic mass is 10.0. The number of nitrogens with one attached hydrogen (secondary N) is 1. The van der Waals surface area contributed by atoms with Gasteiger partial charge in [-0.25, -0.2) is 8.42 Å². The van der Waals surface area contributed by atoms with Gasteiger partial charge in [-0.2, -0.15) is 0 Å². The number of aromatic nitrogens is 1. The van der Waals surface area contributed by atoms with Gasteiger partial charge in [-0.3, -0.25) is 14.5 Å². The predicted molar refractivity (Wildman–Crippen MR) is 149 cm³/mol. The Morgan fingerprint density at radius 2 is 1.82 bits per heavy atom. The van der Waals surface area contributed by atoms with Crippen molar-refractivity contribution < 1.29 is 17.9 Å². The van der Waals surface area contributed by atoms with Crippen LogP contribution in [0.25, 0.3) is 16.3 Å². The number of benzene rings is 2. The third-order valence-electron chi connectivity index (χ3n) is 6.96. The van der Waals surface area contributed by atoms with Crippen molar-refractivity contribution in [3.05, 3.63) is 86.3 Å². The van der Waals surface area contributed by atoms with E-state index < -0.39 is 9.84 Å². The van der Waals surface area contributed by atoms with Crippen LogP contribution in [-0.2, 0) is 44.6 Å². The van der Waals surface area contributed by atoms with Crippen molar-refractivity contribution in [2.75, 3.05) is 32.1 Å². The molecule has 1 aliphatic heterocycles. The fraction of sp³-hybridized carbons (Fsp3) is 0.357. The molecule has 0 saturated carbocycles. The molecule has 2 aromatic carbocycles. The highest BCUT2D eigenvalue weighted by Gasteiger charge is 2.21. The van der Waals surface area contributed by atoms with E-state index in [4.69, 9.17) is 16.3 Å². The van der Waals surface area contributed by atoms with E-state index in [1.807, 2.05) is 30.3 Å². The molecule has 1 N–H and O–H groups in total. The van der Waals surface area contributed by atoms with E-state index in [9.17, 15) is 18.0 Å². The molecule has 1 saturated heterocycles. The summed E-state index contributed by atoms with van der Waals surface area (Å²) < 4.78 is 32.3. The van der Waals surface area contributed by atoms with E-state index in [2.05, 4.69) is 10.2 Å². The first kappa shape index (κ1) is 26.6. The smallest absolute Gasteiger partial charge is 0.224 e. The second kappa shape index (κ2) is 11.0. The van der Waals surface area contributed by atoms with E-state index in [1.54, 1.807) is 29.7 Å². The zero-order chi connectivity index (χ0) is 26.9. The van der Waals surface area contributed by atoms with Gasteiger partial charge in [0.25, 0.3) is 0 Å². The van der Waals surface area contributed by atoms with Crippen LogP contribution < -0.4 is 10.7 Å². The topological polar surface area (TPSA) is 97.2 Å². The first-order chi connectivity index (χ1) is 18.2. The van der Waals surface area contributed by atoms with Crippen LogP contribution in [0.15, 0.2) is 53.5 Å². The highest BCUT2D eigenvalue weighted by atomic mass is 35.5. The molecule has 4 aromatic rings. The zero-order valence-electron chi connectivity index (χ0n) is 21.2. The fourth-order valence-corrected chi connectivity index (χ4v) is 5.91. The van der Waals surface area contributed by atoms with Crippen LogP contribution in [0, 0.1) is 0 Å². The molecule has 1 aliphatic rings. The van der Waals surface area contributed by atoms with Crippen LogP contribution in [0.2, 0.25) is 5.02 Å². The lowest BCUT2D eigenvalue weighted by molar-refractivity contribution is -0.120. The predicted octanol–water partition coefficient (Wildman–Crippen LogP) is 3.17.